The van der Waals surface area contributed by atoms with E-state index in [9.17, 15) is 17.6 Å². The lowest BCUT2D eigenvalue weighted by atomic mass is 10.1. The van der Waals surface area contributed by atoms with Crippen molar-refractivity contribution in [2.45, 2.75) is 24.3 Å². The number of ether oxygens (including phenoxy) is 1. The van der Waals surface area contributed by atoms with E-state index >= 15 is 0 Å². The highest BCUT2D eigenvalue weighted by atomic mass is 32.2. The van der Waals surface area contributed by atoms with Crippen LogP contribution in [0.3, 0.4) is 0 Å². The standard InChI is InChI=1S/C20H22FNO4S/c1-15-2-8-18(9-3-15)27(24,25)13-10-20(23)22-11-12-26-19(14-22)16-4-6-17(21)7-5-16/h2-9,19H,10-14H2,1H3/t19-/m1/s1. The van der Waals surface area contributed by atoms with Crippen molar-refractivity contribution in [2.24, 2.45) is 0 Å². The number of hydrogen-bond acceptors (Lipinski definition) is 4. The average molecular weight is 391 g/mol. The number of benzene rings is 2. The lowest BCUT2D eigenvalue weighted by molar-refractivity contribution is -0.138. The van der Waals surface area contributed by atoms with Gasteiger partial charge in [0.15, 0.2) is 9.84 Å². The minimum absolute atomic E-state index is 0.0770. The maximum Gasteiger partial charge on any atom is 0.223 e. The third-order valence-corrected chi connectivity index (χ3v) is 6.36. The van der Waals surface area contributed by atoms with E-state index in [4.69, 9.17) is 4.74 Å². The van der Waals surface area contributed by atoms with Gasteiger partial charge in [-0.05, 0) is 36.8 Å². The lowest BCUT2D eigenvalue weighted by Crippen LogP contribution is -2.42. The van der Waals surface area contributed by atoms with Gasteiger partial charge in [0, 0.05) is 13.0 Å². The summed E-state index contributed by atoms with van der Waals surface area (Å²) >= 11 is 0. The monoisotopic (exact) mass is 391 g/mol. The summed E-state index contributed by atoms with van der Waals surface area (Å²) in [6, 6.07) is 12.6. The second kappa shape index (κ2) is 8.19. The van der Waals surface area contributed by atoms with Gasteiger partial charge in [0.05, 0.1) is 23.8 Å². The minimum atomic E-state index is -3.50. The molecule has 144 valence electrons. The Labute approximate surface area is 158 Å². The molecule has 1 atom stereocenters. The Kier molecular flexibility index (Phi) is 5.92. The molecule has 1 fully saturated rings. The maximum absolute atomic E-state index is 13.1. The molecule has 0 bridgehead atoms. The number of amides is 1. The molecule has 1 heterocycles. The van der Waals surface area contributed by atoms with Crippen LogP contribution in [0.4, 0.5) is 4.39 Å². The molecule has 7 heteroatoms. The van der Waals surface area contributed by atoms with E-state index in [-0.39, 0.29) is 34.9 Å². The second-order valence-corrected chi connectivity index (χ2v) is 8.74. The summed E-state index contributed by atoms with van der Waals surface area (Å²) in [5, 5.41) is 0. The molecule has 1 aliphatic rings. The summed E-state index contributed by atoms with van der Waals surface area (Å²) in [6.45, 7) is 2.99. The number of sulfone groups is 1. The van der Waals surface area contributed by atoms with Crippen molar-refractivity contribution < 1.29 is 22.3 Å². The molecule has 3 rings (SSSR count). The summed E-state index contributed by atoms with van der Waals surface area (Å²) < 4.78 is 43.6. The van der Waals surface area contributed by atoms with Crippen LogP contribution < -0.4 is 0 Å². The van der Waals surface area contributed by atoms with Crippen LogP contribution in [0.15, 0.2) is 53.4 Å². The molecule has 0 radical (unpaired) electrons. The summed E-state index contributed by atoms with van der Waals surface area (Å²) in [6.07, 6.45) is -0.413. The largest absolute Gasteiger partial charge is 0.370 e. The third kappa shape index (κ3) is 4.93. The smallest absolute Gasteiger partial charge is 0.223 e. The van der Waals surface area contributed by atoms with Gasteiger partial charge in [0.1, 0.15) is 11.9 Å². The Hall–Kier alpha value is -2.25. The fourth-order valence-electron chi connectivity index (χ4n) is 3.00. The topological polar surface area (TPSA) is 63.7 Å². The maximum atomic E-state index is 13.1. The van der Waals surface area contributed by atoms with Gasteiger partial charge in [-0.25, -0.2) is 12.8 Å². The Morgan fingerprint density at radius 1 is 1.15 bits per heavy atom. The highest BCUT2D eigenvalue weighted by Gasteiger charge is 2.26. The van der Waals surface area contributed by atoms with Crippen molar-refractivity contribution in [2.75, 3.05) is 25.4 Å². The van der Waals surface area contributed by atoms with Gasteiger partial charge in [0.2, 0.25) is 5.91 Å². The molecule has 5 nitrogen and oxygen atoms in total. The molecule has 1 aliphatic heterocycles. The van der Waals surface area contributed by atoms with Crippen LogP contribution in [0.2, 0.25) is 0 Å². The zero-order valence-electron chi connectivity index (χ0n) is 15.1. The SMILES string of the molecule is Cc1ccc(S(=O)(=O)CCC(=O)N2CCO[C@@H](c3ccc(F)cc3)C2)cc1. The van der Waals surface area contributed by atoms with Crippen LogP contribution in [-0.4, -0.2) is 44.7 Å². The van der Waals surface area contributed by atoms with E-state index in [0.717, 1.165) is 11.1 Å². The molecule has 0 N–H and O–H groups in total. The van der Waals surface area contributed by atoms with Gasteiger partial charge in [0.25, 0.3) is 0 Å². The molecule has 1 amide bonds. The summed E-state index contributed by atoms with van der Waals surface area (Å²) in [4.78, 5) is 14.3. The molecule has 27 heavy (non-hydrogen) atoms. The van der Waals surface area contributed by atoms with E-state index in [1.807, 2.05) is 6.92 Å². The van der Waals surface area contributed by atoms with Gasteiger partial charge < -0.3 is 9.64 Å². The van der Waals surface area contributed by atoms with Crippen molar-refractivity contribution in [1.82, 2.24) is 4.90 Å². The van der Waals surface area contributed by atoms with Gasteiger partial charge in [-0.3, -0.25) is 4.79 Å². The fourth-order valence-corrected chi connectivity index (χ4v) is 4.23. The molecule has 1 saturated heterocycles. The van der Waals surface area contributed by atoms with Crippen molar-refractivity contribution in [3.8, 4) is 0 Å². The first-order valence-electron chi connectivity index (χ1n) is 8.79. The number of hydrogen-bond donors (Lipinski definition) is 0. The summed E-state index contributed by atoms with van der Waals surface area (Å²) in [5.41, 5.74) is 1.77. The number of rotatable bonds is 5. The summed E-state index contributed by atoms with van der Waals surface area (Å²) in [7, 11) is -3.50. The molecule has 0 aromatic heterocycles. The van der Waals surface area contributed by atoms with Crippen LogP contribution in [0.25, 0.3) is 0 Å². The van der Waals surface area contributed by atoms with E-state index in [1.165, 1.54) is 12.1 Å². The molecular formula is C20H22FNO4S. The Morgan fingerprint density at radius 2 is 1.81 bits per heavy atom. The zero-order chi connectivity index (χ0) is 19.4. The highest BCUT2D eigenvalue weighted by Crippen LogP contribution is 2.23. The Bertz CT molecular complexity index is 895. The highest BCUT2D eigenvalue weighted by molar-refractivity contribution is 7.91. The summed E-state index contributed by atoms with van der Waals surface area (Å²) in [5.74, 6) is -0.780. The van der Waals surface area contributed by atoms with Crippen LogP contribution in [0.1, 0.15) is 23.7 Å². The van der Waals surface area contributed by atoms with E-state index < -0.39 is 9.84 Å². The number of nitrogens with zero attached hydrogens (tertiary/aromatic N) is 1. The number of carbonyl (C=O) groups is 1. The predicted molar refractivity (Wildman–Crippen MR) is 99.5 cm³/mol. The molecule has 2 aromatic carbocycles. The van der Waals surface area contributed by atoms with Crippen LogP contribution >= 0.6 is 0 Å². The van der Waals surface area contributed by atoms with Gasteiger partial charge >= 0.3 is 0 Å². The normalized spacial score (nSPS) is 17.7. The fraction of sp³-hybridized carbons (Fsp3) is 0.350. The molecule has 0 aliphatic carbocycles. The van der Waals surface area contributed by atoms with E-state index in [1.54, 1.807) is 41.3 Å². The molecule has 0 spiro atoms. The quantitative estimate of drug-likeness (QED) is 0.786. The third-order valence-electron chi connectivity index (χ3n) is 4.63. The average Bonchev–Trinajstić information content (AvgIpc) is 2.67. The molecule has 2 aromatic rings. The van der Waals surface area contributed by atoms with Crippen molar-refractivity contribution in [3.63, 3.8) is 0 Å². The first-order chi connectivity index (χ1) is 12.8. The van der Waals surface area contributed by atoms with Gasteiger partial charge in [-0.2, -0.15) is 0 Å². The minimum Gasteiger partial charge on any atom is -0.370 e. The first-order valence-corrected chi connectivity index (χ1v) is 10.4. The van der Waals surface area contributed by atoms with Crippen LogP contribution in [0, 0.1) is 12.7 Å². The number of aryl methyl sites for hydroxylation is 1. The predicted octanol–water partition coefficient (Wildman–Crippen LogP) is 2.90. The first kappa shape index (κ1) is 19.5. The van der Waals surface area contributed by atoms with Crippen molar-refractivity contribution in [1.29, 1.82) is 0 Å². The van der Waals surface area contributed by atoms with Crippen LogP contribution in [0.5, 0.6) is 0 Å². The second-order valence-electron chi connectivity index (χ2n) is 6.63. The van der Waals surface area contributed by atoms with Gasteiger partial charge in [-0.15, -0.1) is 0 Å². The zero-order valence-corrected chi connectivity index (χ0v) is 15.9. The number of morpholine rings is 1. The molecule has 0 unspecified atom stereocenters. The molecule has 0 saturated carbocycles. The van der Waals surface area contributed by atoms with E-state index in [0.29, 0.717) is 19.7 Å². The van der Waals surface area contributed by atoms with Crippen molar-refractivity contribution >= 4 is 15.7 Å². The van der Waals surface area contributed by atoms with Crippen molar-refractivity contribution in [3.05, 3.63) is 65.5 Å². The lowest BCUT2D eigenvalue weighted by Gasteiger charge is -2.33. The Morgan fingerprint density at radius 3 is 2.48 bits per heavy atom. The van der Waals surface area contributed by atoms with Gasteiger partial charge in [-0.1, -0.05) is 29.8 Å². The number of halogens is 1. The number of carbonyl (C=O) groups excluding carboxylic acids is 1. The molecular weight excluding hydrogens is 369 g/mol. The van der Waals surface area contributed by atoms with E-state index in [2.05, 4.69) is 0 Å². The van der Waals surface area contributed by atoms with Crippen LogP contribution in [-0.2, 0) is 19.4 Å². The Balaban J connectivity index is 1.60.